The Morgan fingerprint density at radius 2 is 2.35 bits per heavy atom. The Labute approximate surface area is 103 Å². The molecule has 0 aliphatic carbocycles. The first-order valence-corrected chi connectivity index (χ1v) is 6.44. The fraction of sp³-hybridized carbons (Fsp3) is 0.571. The predicted molar refractivity (Wildman–Crippen MR) is 69.6 cm³/mol. The molecule has 0 saturated carbocycles. The topological polar surface area (TPSA) is 41.5 Å². The van der Waals surface area contributed by atoms with Gasteiger partial charge in [-0.3, -0.25) is 0 Å². The molecule has 1 aliphatic heterocycles. The van der Waals surface area contributed by atoms with Gasteiger partial charge in [0.15, 0.2) is 0 Å². The molecular weight excluding hydrogens is 214 g/mol. The highest BCUT2D eigenvalue weighted by Crippen LogP contribution is 2.27. The van der Waals surface area contributed by atoms with Gasteiger partial charge in [-0.05, 0) is 48.9 Å². The molecule has 94 valence electrons. The average molecular weight is 235 g/mol. The third-order valence-corrected chi connectivity index (χ3v) is 3.34. The molecule has 3 nitrogen and oxygen atoms in total. The van der Waals surface area contributed by atoms with Gasteiger partial charge in [0.25, 0.3) is 0 Å². The second-order valence-electron chi connectivity index (χ2n) is 4.61. The number of hydrogen-bond acceptors (Lipinski definition) is 3. The van der Waals surface area contributed by atoms with E-state index >= 15 is 0 Å². The van der Waals surface area contributed by atoms with Crippen LogP contribution in [0.3, 0.4) is 0 Å². The van der Waals surface area contributed by atoms with Crippen molar-refractivity contribution in [2.24, 2.45) is 5.92 Å². The molecule has 0 fully saturated rings. The molecular formula is C14H21NO2. The van der Waals surface area contributed by atoms with Gasteiger partial charge in [0.1, 0.15) is 5.75 Å². The van der Waals surface area contributed by atoms with Crippen molar-refractivity contribution in [2.75, 3.05) is 25.1 Å². The first-order valence-electron chi connectivity index (χ1n) is 6.44. The molecule has 1 heterocycles. The van der Waals surface area contributed by atoms with Crippen LogP contribution < -0.4 is 10.1 Å². The zero-order valence-corrected chi connectivity index (χ0v) is 10.4. The van der Waals surface area contributed by atoms with Crippen molar-refractivity contribution in [1.82, 2.24) is 0 Å². The lowest BCUT2D eigenvalue weighted by Crippen LogP contribution is -2.17. The lowest BCUT2D eigenvalue weighted by Gasteiger charge is -2.19. The van der Waals surface area contributed by atoms with Crippen molar-refractivity contribution in [3.8, 4) is 5.75 Å². The summed E-state index contributed by atoms with van der Waals surface area (Å²) in [7, 11) is 0. The number of benzene rings is 1. The van der Waals surface area contributed by atoms with E-state index in [1.807, 2.05) is 12.1 Å². The van der Waals surface area contributed by atoms with Gasteiger partial charge < -0.3 is 15.2 Å². The maximum atomic E-state index is 9.14. The van der Waals surface area contributed by atoms with E-state index in [4.69, 9.17) is 9.84 Å². The van der Waals surface area contributed by atoms with Crippen LogP contribution >= 0.6 is 0 Å². The average Bonchev–Trinajstić information content (AvgIpc) is 2.40. The van der Waals surface area contributed by atoms with Gasteiger partial charge in [-0.1, -0.05) is 6.92 Å². The minimum absolute atomic E-state index is 0.248. The predicted octanol–water partition coefficient (Wildman–Crippen LogP) is 2.44. The van der Waals surface area contributed by atoms with Crippen LogP contribution in [0.25, 0.3) is 0 Å². The molecule has 2 rings (SSSR count). The SMILES string of the molecule is CCC(CO)CNc1ccc2c(c1)CCCO2. The molecule has 0 saturated heterocycles. The smallest absolute Gasteiger partial charge is 0.122 e. The number of hydrogen-bond donors (Lipinski definition) is 2. The summed E-state index contributed by atoms with van der Waals surface area (Å²) in [5, 5.41) is 12.5. The van der Waals surface area contributed by atoms with E-state index in [2.05, 4.69) is 18.3 Å². The first kappa shape index (κ1) is 12.2. The molecule has 1 aromatic carbocycles. The molecule has 0 bridgehead atoms. The zero-order chi connectivity index (χ0) is 12.1. The minimum atomic E-state index is 0.248. The fourth-order valence-corrected chi connectivity index (χ4v) is 2.07. The maximum absolute atomic E-state index is 9.14. The number of rotatable bonds is 5. The monoisotopic (exact) mass is 235 g/mol. The van der Waals surface area contributed by atoms with E-state index in [0.717, 1.165) is 43.9 Å². The number of aryl methyl sites for hydroxylation is 1. The molecule has 0 amide bonds. The van der Waals surface area contributed by atoms with Crippen molar-refractivity contribution >= 4 is 5.69 Å². The molecule has 2 N–H and O–H groups in total. The van der Waals surface area contributed by atoms with Crippen LogP contribution in [0, 0.1) is 5.92 Å². The standard InChI is InChI=1S/C14H21NO2/c1-2-11(10-16)9-15-13-5-6-14-12(8-13)4-3-7-17-14/h5-6,8,11,15-16H,2-4,7,9-10H2,1H3. The molecule has 0 radical (unpaired) electrons. The van der Waals surface area contributed by atoms with Gasteiger partial charge in [-0.15, -0.1) is 0 Å². The molecule has 0 aromatic heterocycles. The van der Waals surface area contributed by atoms with E-state index in [-0.39, 0.29) is 6.61 Å². The fourth-order valence-electron chi connectivity index (χ4n) is 2.07. The van der Waals surface area contributed by atoms with Gasteiger partial charge in [0.2, 0.25) is 0 Å². The van der Waals surface area contributed by atoms with Crippen LogP contribution in [-0.2, 0) is 6.42 Å². The summed E-state index contributed by atoms with van der Waals surface area (Å²) < 4.78 is 5.58. The number of nitrogens with one attached hydrogen (secondary N) is 1. The highest BCUT2D eigenvalue weighted by atomic mass is 16.5. The zero-order valence-electron chi connectivity index (χ0n) is 10.4. The molecule has 1 aromatic rings. The molecule has 3 heteroatoms. The summed E-state index contributed by atoms with van der Waals surface area (Å²) >= 11 is 0. The molecule has 1 aliphatic rings. The van der Waals surface area contributed by atoms with Crippen LogP contribution in [-0.4, -0.2) is 24.9 Å². The van der Waals surface area contributed by atoms with Crippen molar-refractivity contribution < 1.29 is 9.84 Å². The Balaban J connectivity index is 1.97. The van der Waals surface area contributed by atoms with Crippen molar-refractivity contribution in [3.63, 3.8) is 0 Å². The van der Waals surface area contributed by atoms with Gasteiger partial charge in [-0.2, -0.15) is 0 Å². The summed E-state index contributed by atoms with van der Waals surface area (Å²) in [4.78, 5) is 0. The van der Waals surface area contributed by atoms with E-state index in [1.165, 1.54) is 5.56 Å². The third-order valence-electron chi connectivity index (χ3n) is 3.34. The van der Waals surface area contributed by atoms with E-state index in [1.54, 1.807) is 0 Å². The molecule has 0 spiro atoms. The van der Waals surface area contributed by atoms with E-state index in [0.29, 0.717) is 5.92 Å². The Bertz CT molecular complexity index is 361. The van der Waals surface area contributed by atoms with Gasteiger partial charge in [0, 0.05) is 18.8 Å². The minimum Gasteiger partial charge on any atom is -0.493 e. The van der Waals surface area contributed by atoms with E-state index < -0.39 is 0 Å². The number of fused-ring (bicyclic) bond motifs is 1. The lowest BCUT2D eigenvalue weighted by molar-refractivity contribution is 0.230. The Hall–Kier alpha value is -1.22. The van der Waals surface area contributed by atoms with Crippen LogP contribution in [0.15, 0.2) is 18.2 Å². The number of anilines is 1. The Morgan fingerprint density at radius 3 is 3.12 bits per heavy atom. The van der Waals surface area contributed by atoms with Crippen molar-refractivity contribution in [1.29, 1.82) is 0 Å². The van der Waals surface area contributed by atoms with Crippen LogP contribution in [0.4, 0.5) is 5.69 Å². The van der Waals surface area contributed by atoms with Gasteiger partial charge in [0.05, 0.1) is 6.61 Å². The maximum Gasteiger partial charge on any atom is 0.122 e. The molecule has 1 unspecified atom stereocenters. The Morgan fingerprint density at radius 1 is 1.47 bits per heavy atom. The summed E-state index contributed by atoms with van der Waals surface area (Å²) in [6.07, 6.45) is 3.20. The largest absolute Gasteiger partial charge is 0.493 e. The highest BCUT2D eigenvalue weighted by molar-refractivity contribution is 5.51. The highest BCUT2D eigenvalue weighted by Gasteiger charge is 2.11. The van der Waals surface area contributed by atoms with Gasteiger partial charge in [-0.25, -0.2) is 0 Å². The van der Waals surface area contributed by atoms with Crippen LogP contribution in [0.2, 0.25) is 0 Å². The summed E-state index contributed by atoms with van der Waals surface area (Å²) in [5.74, 6) is 1.36. The quantitative estimate of drug-likeness (QED) is 0.823. The second-order valence-corrected chi connectivity index (χ2v) is 4.61. The van der Waals surface area contributed by atoms with Crippen LogP contribution in [0.1, 0.15) is 25.3 Å². The Kier molecular flexibility index (Phi) is 4.26. The van der Waals surface area contributed by atoms with Crippen molar-refractivity contribution in [3.05, 3.63) is 23.8 Å². The molecule has 17 heavy (non-hydrogen) atoms. The second kappa shape index (κ2) is 5.92. The normalized spacial score (nSPS) is 15.9. The number of aliphatic hydroxyl groups is 1. The molecule has 1 atom stereocenters. The third kappa shape index (κ3) is 3.13. The summed E-state index contributed by atoms with van der Waals surface area (Å²) in [6.45, 7) is 4.01. The van der Waals surface area contributed by atoms with Crippen LogP contribution in [0.5, 0.6) is 5.75 Å². The van der Waals surface area contributed by atoms with Crippen molar-refractivity contribution in [2.45, 2.75) is 26.2 Å². The number of ether oxygens (including phenoxy) is 1. The van der Waals surface area contributed by atoms with E-state index in [9.17, 15) is 0 Å². The first-order chi connectivity index (χ1) is 8.33. The van der Waals surface area contributed by atoms with Gasteiger partial charge >= 0.3 is 0 Å². The number of aliphatic hydroxyl groups excluding tert-OH is 1. The summed E-state index contributed by atoms with van der Waals surface area (Å²) in [6, 6.07) is 6.25. The summed E-state index contributed by atoms with van der Waals surface area (Å²) in [5.41, 5.74) is 2.42. The lowest BCUT2D eigenvalue weighted by atomic mass is 10.0.